The number of hydrogen-bond donors (Lipinski definition) is 7. The first-order valence-corrected chi connectivity index (χ1v) is 8.15. The summed E-state index contributed by atoms with van der Waals surface area (Å²) in [5, 5.41) is 53.3. The van der Waals surface area contributed by atoms with Gasteiger partial charge in [-0.3, -0.25) is 4.89 Å². The van der Waals surface area contributed by atoms with Gasteiger partial charge in [0.2, 0.25) is 0 Å². The Hall–Kier alpha value is -2.42. The molecule has 0 aromatic heterocycles. The second-order valence-electron chi connectivity index (χ2n) is 5.18. The van der Waals surface area contributed by atoms with Crippen molar-refractivity contribution in [3.8, 4) is 6.07 Å². The number of hydrogen-bond acceptors (Lipinski definition) is 11. The summed E-state index contributed by atoms with van der Waals surface area (Å²) >= 11 is 0. The number of halogens is 3. The van der Waals surface area contributed by atoms with Crippen molar-refractivity contribution in [3.63, 3.8) is 0 Å². The Labute approximate surface area is 222 Å². The molecule has 0 bridgehead atoms. The van der Waals surface area contributed by atoms with Crippen LogP contribution in [0, 0.1) is 23.0 Å². The molecule has 0 unspecified atom stereocenters. The van der Waals surface area contributed by atoms with Gasteiger partial charge in [-0.15, -0.1) is 12.4 Å². The number of benzene rings is 2. The predicted octanol–water partition coefficient (Wildman–Crippen LogP) is -1.57. The molecule has 0 saturated heterocycles. The number of aliphatic hydroxyl groups is 2. The average Bonchev–Trinajstić information content (AvgIpc) is 2.80. The molecule has 186 valence electrons. The van der Waals surface area contributed by atoms with E-state index in [4.69, 9.17) is 36.9 Å². The van der Waals surface area contributed by atoms with Crippen LogP contribution in [0.5, 0.6) is 0 Å². The van der Waals surface area contributed by atoms with Crippen LogP contribution >= 0.6 is 12.4 Å². The molecule has 9 N–H and O–H groups in total. The number of aliphatic hydroxyl groups excluding tert-OH is 2. The molecule has 0 aliphatic heterocycles. The SMILES string of the molecule is CC(=O)OOO.Cl.N#Cc1ccc(CO)c(F)c1.N/C(=N\O)c1ccc(CO)c(F)c1.NO.[H-].[Na+]. The molecule has 0 amide bonds. The molecular weight excluding hydrogens is 497 g/mol. The maximum absolute atomic E-state index is 13.0. The van der Waals surface area contributed by atoms with Crippen LogP contribution in [0.4, 0.5) is 8.78 Å². The standard InChI is InChI=1S/C8H9FN2O2.C8H6FNO.C2H4O4.ClH.H3NO.Na.H/c9-7-3-5(8(10)11-13)1-2-6(7)4-12;9-8-3-6(4-10)1-2-7(8)5-11;1-2(3)5-6-4;;1-2;;/h1-3,12-13H,4H2,(H2,10,11);1-3,11H,5H2;4H,1H3;1H;2H,1H2;;/q;;;;;+1;-1. The summed E-state index contributed by atoms with van der Waals surface area (Å²) in [6.45, 7) is 0.399. The Morgan fingerprint density at radius 3 is 1.88 bits per heavy atom. The molecule has 2 aromatic carbocycles. The van der Waals surface area contributed by atoms with E-state index in [-0.39, 0.29) is 84.7 Å². The van der Waals surface area contributed by atoms with Crippen LogP contribution < -0.4 is 41.2 Å². The number of nitrogens with two attached hydrogens (primary N) is 2. The fourth-order valence-electron chi connectivity index (χ4n) is 1.69. The van der Waals surface area contributed by atoms with E-state index in [1.54, 1.807) is 6.07 Å². The van der Waals surface area contributed by atoms with Crippen molar-refractivity contribution in [1.82, 2.24) is 0 Å². The smallest absolute Gasteiger partial charge is 1.00 e. The number of carbonyl (C=O) groups is 1. The van der Waals surface area contributed by atoms with Crippen molar-refractivity contribution in [1.29, 1.82) is 5.26 Å². The van der Waals surface area contributed by atoms with E-state index in [2.05, 4.69) is 21.0 Å². The minimum Gasteiger partial charge on any atom is -1.00 e. The van der Waals surface area contributed by atoms with Crippen molar-refractivity contribution in [2.24, 2.45) is 16.8 Å². The van der Waals surface area contributed by atoms with Gasteiger partial charge in [0.25, 0.3) is 0 Å². The Kier molecular flexibility index (Phi) is 27.1. The van der Waals surface area contributed by atoms with Crippen LogP contribution in [0.2, 0.25) is 0 Å². The van der Waals surface area contributed by atoms with Gasteiger partial charge < -0.3 is 27.8 Å². The minimum atomic E-state index is -0.683. The fourth-order valence-corrected chi connectivity index (χ4v) is 1.69. The molecule has 0 atom stereocenters. The number of nitriles is 1. The number of nitrogens with zero attached hydrogens (tertiary/aromatic N) is 2. The van der Waals surface area contributed by atoms with Crippen LogP contribution in [-0.4, -0.2) is 37.7 Å². The quantitative estimate of drug-likeness (QED) is 0.0608. The zero-order valence-electron chi connectivity index (χ0n) is 19.1. The molecule has 0 fully saturated rings. The van der Waals surface area contributed by atoms with Gasteiger partial charge in [-0.1, -0.05) is 23.4 Å². The normalized spacial score (nSPS) is 8.97. The molecule has 0 saturated carbocycles. The molecule has 12 nitrogen and oxygen atoms in total. The average molecular weight is 521 g/mol. The summed E-state index contributed by atoms with van der Waals surface area (Å²) in [5.74, 6) is 1.54. The van der Waals surface area contributed by atoms with Gasteiger partial charge in [0.1, 0.15) is 11.6 Å². The minimum absolute atomic E-state index is 0. The van der Waals surface area contributed by atoms with E-state index in [1.165, 1.54) is 24.3 Å². The van der Waals surface area contributed by atoms with E-state index in [9.17, 15) is 13.6 Å². The van der Waals surface area contributed by atoms with E-state index in [0.717, 1.165) is 19.1 Å². The third-order valence-corrected chi connectivity index (χ3v) is 3.13. The fraction of sp³-hybridized carbons (Fsp3) is 0.167. The van der Waals surface area contributed by atoms with E-state index in [0.29, 0.717) is 0 Å². The first kappa shape index (κ1) is 38.8. The molecule has 0 aliphatic rings. The number of rotatable bonds is 4. The van der Waals surface area contributed by atoms with Gasteiger partial charge >= 0.3 is 35.5 Å². The van der Waals surface area contributed by atoms with E-state index >= 15 is 0 Å². The number of carbonyl (C=O) groups excluding carboxylic acids is 1. The van der Waals surface area contributed by atoms with Crippen molar-refractivity contribution in [2.45, 2.75) is 20.1 Å². The van der Waals surface area contributed by atoms with Crippen molar-refractivity contribution in [3.05, 3.63) is 70.3 Å². The Morgan fingerprint density at radius 2 is 1.59 bits per heavy atom. The van der Waals surface area contributed by atoms with Gasteiger partial charge in [-0.05, 0) is 23.2 Å². The second kappa shape index (κ2) is 23.7. The molecular formula is C18H24ClF2N4NaO8. The zero-order valence-corrected chi connectivity index (χ0v) is 20.9. The third-order valence-electron chi connectivity index (χ3n) is 3.13. The summed E-state index contributed by atoms with van der Waals surface area (Å²) in [5.41, 5.74) is 6.15. The molecule has 0 heterocycles. The molecule has 0 aliphatic carbocycles. The van der Waals surface area contributed by atoms with Crippen LogP contribution in [0.25, 0.3) is 0 Å². The number of amidine groups is 1. The van der Waals surface area contributed by atoms with Gasteiger partial charge in [-0.25, -0.2) is 24.7 Å². The summed E-state index contributed by atoms with van der Waals surface area (Å²) in [6, 6.07) is 9.70. The summed E-state index contributed by atoms with van der Waals surface area (Å²) < 4.78 is 25.7. The Bertz CT molecular complexity index is 927. The first-order valence-electron chi connectivity index (χ1n) is 8.15. The summed E-state index contributed by atoms with van der Waals surface area (Å²) in [4.78, 5) is 13.0. The number of oxime groups is 1. The summed E-state index contributed by atoms with van der Waals surface area (Å²) in [6.07, 6.45) is 0. The third kappa shape index (κ3) is 16.2. The van der Waals surface area contributed by atoms with Crippen molar-refractivity contribution >= 4 is 24.2 Å². The molecule has 16 heteroatoms. The van der Waals surface area contributed by atoms with Gasteiger partial charge in [0.05, 0.1) is 24.8 Å². The van der Waals surface area contributed by atoms with Crippen molar-refractivity contribution < 1.29 is 80.4 Å². The monoisotopic (exact) mass is 520 g/mol. The molecule has 34 heavy (non-hydrogen) atoms. The largest absolute Gasteiger partial charge is 1.00 e. The van der Waals surface area contributed by atoms with Crippen LogP contribution in [-0.2, 0) is 27.9 Å². The van der Waals surface area contributed by atoms with E-state index < -0.39 is 17.6 Å². The predicted molar refractivity (Wildman–Crippen MR) is 112 cm³/mol. The topological polar surface area (TPSA) is 225 Å². The molecule has 0 spiro atoms. The Balaban J connectivity index is -0.000000125. The molecule has 0 radical (unpaired) electrons. The maximum atomic E-state index is 13.0. The van der Waals surface area contributed by atoms with Crippen molar-refractivity contribution in [2.75, 3.05) is 0 Å². The van der Waals surface area contributed by atoms with Gasteiger partial charge in [-0.2, -0.15) is 5.26 Å². The van der Waals surface area contributed by atoms with E-state index in [1.807, 2.05) is 0 Å². The van der Waals surface area contributed by atoms with Crippen LogP contribution in [0.1, 0.15) is 30.6 Å². The van der Waals surface area contributed by atoms with Gasteiger partial charge in [0, 0.05) is 23.6 Å². The molecule has 2 rings (SSSR count). The Morgan fingerprint density at radius 1 is 1.12 bits per heavy atom. The summed E-state index contributed by atoms with van der Waals surface area (Å²) in [7, 11) is 0. The molecule has 2 aromatic rings. The van der Waals surface area contributed by atoms with Gasteiger partial charge in [0.15, 0.2) is 5.84 Å². The second-order valence-corrected chi connectivity index (χ2v) is 5.18. The van der Waals surface area contributed by atoms with Crippen LogP contribution in [0.3, 0.4) is 0 Å². The first-order chi connectivity index (χ1) is 15.2. The maximum Gasteiger partial charge on any atom is 1.00 e. The van der Waals surface area contributed by atoms with Crippen LogP contribution in [0.15, 0.2) is 41.6 Å². The zero-order chi connectivity index (χ0) is 25.1.